The van der Waals surface area contributed by atoms with Crippen LogP contribution in [-0.4, -0.2) is 12.8 Å². The Kier molecular flexibility index (Phi) is 4.14. The second kappa shape index (κ2) is 6.58. The lowest BCUT2D eigenvalue weighted by atomic mass is 9.84. The first-order valence-corrected chi connectivity index (χ1v) is 8.68. The second-order valence-corrected chi connectivity index (χ2v) is 6.46. The maximum Gasteiger partial charge on any atom is 0.0573 e. The van der Waals surface area contributed by atoms with E-state index in [0.717, 1.165) is 13.0 Å². The number of nitrogens with two attached hydrogens (primary N) is 1. The number of nitrogens with zero attached hydrogens (tertiary/aromatic N) is 1. The van der Waals surface area contributed by atoms with E-state index >= 15 is 0 Å². The van der Waals surface area contributed by atoms with Gasteiger partial charge in [-0.2, -0.15) is 0 Å². The van der Waals surface area contributed by atoms with Gasteiger partial charge in [-0.05, 0) is 58.0 Å². The third-order valence-corrected chi connectivity index (χ3v) is 4.93. The Morgan fingerprint density at radius 1 is 0.917 bits per heavy atom. The van der Waals surface area contributed by atoms with Gasteiger partial charge in [-0.15, -0.1) is 0 Å². The number of allylic oxidation sites excluding steroid dienone is 1. The summed E-state index contributed by atoms with van der Waals surface area (Å²) in [5.41, 5.74) is 9.19. The predicted octanol–water partition coefficient (Wildman–Crippen LogP) is 4.96. The van der Waals surface area contributed by atoms with Gasteiger partial charge in [0.2, 0.25) is 0 Å². The molecule has 0 fully saturated rings. The molecule has 1 atom stereocenters. The zero-order valence-corrected chi connectivity index (χ0v) is 13.8. The molecule has 1 aliphatic heterocycles. The van der Waals surface area contributed by atoms with E-state index in [9.17, 15) is 0 Å². The van der Waals surface area contributed by atoms with Crippen molar-refractivity contribution in [1.82, 2.24) is 0 Å². The quantitative estimate of drug-likeness (QED) is 0.585. The molecular weight excluding hydrogens is 292 g/mol. The number of aryl methyl sites for hydroxylation is 1. The van der Waals surface area contributed by atoms with E-state index in [2.05, 4.69) is 53.5 Å². The van der Waals surface area contributed by atoms with Crippen molar-refractivity contribution in [2.24, 2.45) is 10.7 Å². The summed E-state index contributed by atoms with van der Waals surface area (Å²) in [5, 5.41) is 5.33. The van der Waals surface area contributed by atoms with E-state index in [1.165, 1.54) is 45.5 Å². The van der Waals surface area contributed by atoms with Gasteiger partial charge in [-0.3, -0.25) is 4.99 Å². The van der Waals surface area contributed by atoms with Crippen molar-refractivity contribution in [3.8, 4) is 0 Å². The normalized spacial score (nSPS) is 18.5. The number of aliphatic imine (C=N–C) groups is 1. The molecule has 1 aliphatic carbocycles. The lowest BCUT2D eigenvalue weighted by Crippen LogP contribution is -2.17. The average molecular weight is 314 g/mol. The molecule has 0 saturated carbocycles. The van der Waals surface area contributed by atoms with Crippen LogP contribution < -0.4 is 5.73 Å². The van der Waals surface area contributed by atoms with Crippen LogP contribution in [0.1, 0.15) is 30.0 Å². The molecule has 2 N–H and O–H groups in total. The topological polar surface area (TPSA) is 38.4 Å². The summed E-state index contributed by atoms with van der Waals surface area (Å²) < 4.78 is 0. The maximum absolute atomic E-state index is 6.36. The smallest absolute Gasteiger partial charge is 0.0573 e. The number of fused-ring (bicyclic) bond motifs is 5. The van der Waals surface area contributed by atoms with Gasteiger partial charge < -0.3 is 5.73 Å². The molecule has 1 heterocycles. The molecule has 3 aromatic rings. The Balaban J connectivity index is 0.000000252. The van der Waals surface area contributed by atoms with Gasteiger partial charge in [-0.25, -0.2) is 0 Å². The van der Waals surface area contributed by atoms with Crippen molar-refractivity contribution in [3.05, 3.63) is 71.8 Å². The third-order valence-electron chi connectivity index (χ3n) is 4.93. The van der Waals surface area contributed by atoms with Crippen LogP contribution in [0, 0.1) is 0 Å². The second-order valence-electron chi connectivity index (χ2n) is 6.46. The van der Waals surface area contributed by atoms with Gasteiger partial charge >= 0.3 is 0 Å². The van der Waals surface area contributed by atoms with Gasteiger partial charge in [0.25, 0.3) is 0 Å². The summed E-state index contributed by atoms with van der Waals surface area (Å²) in [6.45, 7) is 0.889. The summed E-state index contributed by atoms with van der Waals surface area (Å²) in [7, 11) is 0. The monoisotopic (exact) mass is 314 g/mol. The van der Waals surface area contributed by atoms with Gasteiger partial charge in [0.1, 0.15) is 0 Å². The van der Waals surface area contributed by atoms with E-state index in [4.69, 9.17) is 5.73 Å². The minimum atomic E-state index is 0.202. The van der Waals surface area contributed by atoms with Gasteiger partial charge in [0, 0.05) is 12.3 Å². The molecular formula is C22H22N2. The molecule has 0 radical (unpaired) electrons. The highest BCUT2D eigenvalue weighted by atomic mass is 14.7. The lowest BCUT2D eigenvalue weighted by Gasteiger charge is -2.24. The summed E-state index contributed by atoms with van der Waals surface area (Å²) in [4.78, 5) is 3.85. The minimum absolute atomic E-state index is 0.202. The molecule has 0 aromatic heterocycles. The summed E-state index contributed by atoms with van der Waals surface area (Å²) in [6.07, 6.45) is 9.26. The van der Waals surface area contributed by atoms with E-state index in [1.54, 1.807) is 6.21 Å². The zero-order valence-electron chi connectivity index (χ0n) is 13.8. The Hall–Kier alpha value is -2.45. The predicted molar refractivity (Wildman–Crippen MR) is 104 cm³/mol. The summed E-state index contributed by atoms with van der Waals surface area (Å²) >= 11 is 0. The molecule has 120 valence electrons. The van der Waals surface area contributed by atoms with Crippen molar-refractivity contribution in [1.29, 1.82) is 0 Å². The van der Waals surface area contributed by atoms with Crippen molar-refractivity contribution >= 4 is 27.8 Å². The highest BCUT2D eigenvalue weighted by Gasteiger charge is 2.19. The SMILES string of the molecule is C1=CCN=C1.NC1CCCc2ccc3c(ccc4ccccc43)c21. The van der Waals surface area contributed by atoms with Gasteiger partial charge in [-0.1, -0.05) is 54.6 Å². The molecule has 24 heavy (non-hydrogen) atoms. The van der Waals surface area contributed by atoms with Crippen LogP contribution in [0.2, 0.25) is 0 Å². The maximum atomic E-state index is 6.36. The third kappa shape index (κ3) is 2.74. The van der Waals surface area contributed by atoms with Gasteiger partial charge in [0.05, 0.1) is 6.54 Å². The van der Waals surface area contributed by atoms with Crippen LogP contribution in [0.4, 0.5) is 0 Å². The minimum Gasteiger partial charge on any atom is -0.324 e. The Bertz CT molecular complexity index is 927. The number of hydrogen-bond acceptors (Lipinski definition) is 2. The van der Waals surface area contributed by atoms with Crippen LogP contribution in [0.3, 0.4) is 0 Å². The van der Waals surface area contributed by atoms with Crippen molar-refractivity contribution < 1.29 is 0 Å². The van der Waals surface area contributed by atoms with E-state index in [1.807, 2.05) is 12.2 Å². The fraction of sp³-hybridized carbons (Fsp3) is 0.227. The molecule has 1 unspecified atom stereocenters. The standard InChI is InChI=1S/C18H17N.C4H5N/c19-17-7-3-5-13-9-10-15-14-6-2-1-4-12(14)8-11-16(15)18(13)17;1-2-4-5-3-1/h1-2,4,6,8-11,17H,3,5,7,19H2;1-3H,4H2. The first-order valence-electron chi connectivity index (χ1n) is 8.68. The zero-order chi connectivity index (χ0) is 16.4. The molecule has 0 amide bonds. The van der Waals surface area contributed by atoms with Crippen molar-refractivity contribution in [2.45, 2.75) is 25.3 Å². The molecule has 0 saturated heterocycles. The average Bonchev–Trinajstić information content (AvgIpc) is 3.21. The number of hydrogen-bond donors (Lipinski definition) is 1. The van der Waals surface area contributed by atoms with Gasteiger partial charge in [0.15, 0.2) is 0 Å². The Labute approximate surface area is 142 Å². The van der Waals surface area contributed by atoms with Crippen LogP contribution in [0.15, 0.2) is 65.7 Å². The number of benzene rings is 3. The van der Waals surface area contributed by atoms with Crippen LogP contribution in [0.5, 0.6) is 0 Å². The molecule has 3 aromatic carbocycles. The molecule has 5 rings (SSSR count). The summed E-state index contributed by atoms with van der Waals surface area (Å²) in [5.74, 6) is 0. The van der Waals surface area contributed by atoms with E-state index in [0.29, 0.717) is 0 Å². The number of rotatable bonds is 0. The highest BCUT2D eigenvalue weighted by Crippen LogP contribution is 2.36. The molecule has 2 nitrogen and oxygen atoms in total. The fourth-order valence-corrected chi connectivity index (χ4v) is 3.77. The first-order chi connectivity index (χ1) is 11.8. The van der Waals surface area contributed by atoms with Crippen LogP contribution in [-0.2, 0) is 6.42 Å². The molecule has 0 spiro atoms. The summed E-state index contributed by atoms with van der Waals surface area (Å²) in [6, 6.07) is 17.8. The van der Waals surface area contributed by atoms with E-state index < -0.39 is 0 Å². The van der Waals surface area contributed by atoms with Crippen molar-refractivity contribution in [3.63, 3.8) is 0 Å². The fourth-order valence-electron chi connectivity index (χ4n) is 3.77. The first kappa shape index (κ1) is 15.1. The van der Waals surface area contributed by atoms with Crippen LogP contribution in [0.25, 0.3) is 21.5 Å². The largest absolute Gasteiger partial charge is 0.324 e. The highest BCUT2D eigenvalue weighted by molar-refractivity contribution is 6.08. The Morgan fingerprint density at radius 2 is 1.79 bits per heavy atom. The van der Waals surface area contributed by atoms with E-state index in [-0.39, 0.29) is 6.04 Å². The molecule has 2 heteroatoms. The molecule has 2 aliphatic rings. The molecule has 0 bridgehead atoms. The Morgan fingerprint density at radius 3 is 2.58 bits per heavy atom. The van der Waals surface area contributed by atoms with Crippen LogP contribution >= 0.6 is 0 Å². The lowest BCUT2D eigenvalue weighted by molar-refractivity contribution is 0.575. The van der Waals surface area contributed by atoms with Crippen molar-refractivity contribution in [2.75, 3.05) is 6.54 Å².